The molecule has 0 aliphatic carbocycles. The standard InChI is InChI=1S/C38H61N3S/c1-8-9-10-11-12-13-14-15-16-17-26-39-36(42)41-33-27-34(40-28-33)35(29-18-22-31(23-19-29)37(2,3)4)30-20-24-32(25-21-30)38(5,6)7/h18-25,33-35,40H,8-17,26-28H2,1-7H3,(H2,39,41,42)/t33-,34-/m1/s1. The Labute approximate surface area is 264 Å². The van der Waals surface area contributed by atoms with E-state index < -0.39 is 0 Å². The van der Waals surface area contributed by atoms with Gasteiger partial charge in [0.15, 0.2) is 5.11 Å². The van der Waals surface area contributed by atoms with Gasteiger partial charge in [-0.15, -0.1) is 0 Å². The topological polar surface area (TPSA) is 36.1 Å². The summed E-state index contributed by atoms with van der Waals surface area (Å²) in [7, 11) is 0. The molecular weight excluding hydrogens is 531 g/mol. The maximum Gasteiger partial charge on any atom is 0.166 e. The number of hydrogen-bond acceptors (Lipinski definition) is 2. The van der Waals surface area contributed by atoms with Gasteiger partial charge in [0, 0.05) is 31.1 Å². The molecular formula is C38H61N3S. The molecule has 234 valence electrons. The maximum atomic E-state index is 5.70. The number of thiocarbonyl (C=S) groups is 1. The first-order valence-corrected chi connectivity index (χ1v) is 17.4. The smallest absolute Gasteiger partial charge is 0.166 e. The van der Waals surface area contributed by atoms with Gasteiger partial charge in [-0.2, -0.15) is 0 Å². The van der Waals surface area contributed by atoms with Gasteiger partial charge in [-0.05, 0) is 58.1 Å². The number of rotatable bonds is 15. The molecule has 1 fully saturated rings. The van der Waals surface area contributed by atoms with Gasteiger partial charge < -0.3 is 16.0 Å². The van der Waals surface area contributed by atoms with Crippen LogP contribution in [0.15, 0.2) is 48.5 Å². The zero-order chi connectivity index (χ0) is 30.6. The van der Waals surface area contributed by atoms with E-state index in [1.54, 1.807) is 0 Å². The minimum Gasteiger partial charge on any atom is -0.363 e. The molecule has 3 N–H and O–H groups in total. The molecule has 0 spiro atoms. The lowest BCUT2D eigenvalue weighted by atomic mass is 9.80. The Kier molecular flexibility index (Phi) is 13.8. The minimum absolute atomic E-state index is 0.152. The van der Waals surface area contributed by atoms with Crippen LogP contribution in [0.2, 0.25) is 0 Å². The van der Waals surface area contributed by atoms with Gasteiger partial charge in [-0.25, -0.2) is 0 Å². The third-order valence-electron chi connectivity index (χ3n) is 8.99. The third kappa shape index (κ3) is 11.3. The molecule has 42 heavy (non-hydrogen) atoms. The molecule has 0 bridgehead atoms. The molecule has 1 aliphatic heterocycles. The number of hydrogen-bond donors (Lipinski definition) is 3. The van der Waals surface area contributed by atoms with Gasteiger partial charge in [0.1, 0.15) is 0 Å². The Morgan fingerprint density at radius 1 is 0.738 bits per heavy atom. The summed E-state index contributed by atoms with van der Waals surface area (Å²) in [5.41, 5.74) is 5.83. The van der Waals surface area contributed by atoms with Crippen LogP contribution in [0.5, 0.6) is 0 Å². The highest BCUT2D eigenvalue weighted by atomic mass is 32.1. The van der Waals surface area contributed by atoms with Crippen LogP contribution in [0, 0.1) is 0 Å². The molecule has 0 radical (unpaired) electrons. The summed E-state index contributed by atoms with van der Waals surface area (Å²) in [5.74, 6) is 0.299. The number of nitrogens with one attached hydrogen (secondary N) is 3. The quantitative estimate of drug-likeness (QED) is 0.142. The van der Waals surface area contributed by atoms with Crippen LogP contribution in [0.25, 0.3) is 0 Å². The predicted octanol–water partition coefficient (Wildman–Crippen LogP) is 9.53. The first-order chi connectivity index (χ1) is 20.0. The maximum absolute atomic E-state index is 5.70. The van der Waals surface area contributed by atoms with Crippen LogP contribution in [-0.2, 0) is 10.8 Å². The van der Waals surface area contributed by atoms with Crippen molar-refractivity contribution in [1.29, 1.82) is 0 Å². The summed E-state index contributed by atoms with van der Waals surface area (Å²) >= 11 is 5.70. The first-order valence-electron chi connectivity index (χ1n) is 17.0. The van der Waals surface area contributed by atoms with Gasteiger partial charge in [-0.3, -0.25) is 0 Å². The Balaban J connectivity index is 1.51. The van der Waals surface area contributed by atoms with Gasteiger partial charge >= 0.3 is 0 Å². The summed E-state index contributed by atoms with van der Waals surface area (Å²) in [6, 6.07) is 19.4. The molecule has 0 aromatic heterocycles. The largest absolute Gasteiger partial charge is 0.363 e. The van der Waals surface area contributed by atoms with Crippen molar-refractivity contribution in [3.05, 3.63) is 70.8 Å². The van der Waals surface area contributed by atoms with Gasteiger partial charge in [0.05, 0.1) is 0 Å². The average molecular weight is 592 g/mol. The lowest BCUT2D eigenvalue weighted by Crippen LogP contribution is -2.43. The highest BCUT2D eigenvalue weighted by Gasteiger charge is 2.33. The summed E-state index contributed by atoms with van der Waals surface area (Å²) in [6.45, 7) is 17.9. The second-order valence-electron chi connectivity index (χ2n) is 14.8. The van der Waals surface area contributed by atoms with Gasteiger partial charge in [0.25, 0.3) is 0 Å². The molecule has 2 aromatic rings. The second kappa shape index (κ2) is 16.8. The predicted molar refractivity (Wildman–Crippen MR) is 188 cm³/mol. The van der Waals surface area contributed by atoms with Crippen molar-refractivity contribution in [2.75, 3.05) is 13.1 Å². The van der Waals surface area contributed by atoms with Gasteiger partial charge in [-0.1, -0.05) is 155 Å². The van der Waals surface area contributed by atoms with Crippen LogP contribution in [0.4, 0.5) is 0 Å². The van der Waals surface area contributed by atoms with Gasteiger partial charge in [0.2, 0.25) is 0 Å². The fourth-order valence-corrected chi connectivity index (χ4v) is 6.49. The minimum atomic E-state index is 0.152. The Morgan fingerprint density at radius 3 is 1.64 bits per heavy atom. The Morgan fingerprint density at radius 2 is 1.19 bits per heavy atom. The van der Waals surface area contributed by atoms with E-state index in [1.165, 1.54) is 86.5 Å². The molecule has 1 heterocycles. The number of unbranched alkanes of at least 4 members (excludes halogenated alkanes) is 9. The van der Waals surface area contributed by atoms with Crippen molar-refractivity contribution in [3.63, 3.8) is 0 Å². The zero-order valence-corrected chi connectivity index (χ0v) is 28.8. The highest BCUT2D eigenvalue weighted by Crippen LogP contribution is 2.35. The second-order valence-corrected chi connectivity index (χ2v) is 15.2. The van der Waals surface area contributed by atoms with Crippen LogP contribution in [0.3, 0.4) is 0 Å². The van der Waals surface area contributed by atoms with E-state index in [0.717, 1.165) is 24.6 Å². The fraction of sp³-hybridized carbons (Fsp3) is 0.658. The van der Waals surface area contributed by atoms with Crippen molar-refractivity contribution in [2.24, 2.45) is 0 Å². The monoisotopic (exact) mass is 591 g/mol. The lowest BCUT2D eigenvalue weighted by molar-refractivity contribution is 0.528. The zero-order valence-electron chi connectivity index (χ0n) is 28.0. The summed E-state index contributed by atoms with van der Waals surface area (Å²) < 4.78 is 0. The van der Waals surface area contributed by atoms with Crippen molar-refractivity contribution < 1.29 is 0 Å². The van der Waals surface area contributed by atoms with E-state index in [4.69, 9.17) is 12.2 Å². The molecule has 1 saturated heterocycles. The van der Waals surface area contributed by atoms with Crippen molar-refractivity contribution >= 4 is 17.3 Å². The Bertz CT molecular complexity index is 988. The molecule has 0 unspecified atom stereocenters. The van der Waals surface area contributed by atoms with Crippen LogP contribution >= 0.6 is 12.2 Å². The van der Waals surface area contributed by atoms with Crippen LogP contribution < -0.4 is 16.0 Å². The Hall–Kier alpha value is -1.91. The van der Waals surface area contributed by atoms with Crippen molar-refractivity contribution in [1.82, 2.24) is 16.0 Å². The highest BCUT2D eigenvalue weighted by molar-refractivity contribution is 7.80. The SMILES string of the molecule is CCCCCCCCCCCCNC(=S)N[C@H]1CN[C@@H](C(c2ccc(C(C)(C)C)cc2)c2ccc(C(C)(C)C)cc2)C1. The fourth-order valence-electron chi connectivity index (χ4n) is 6.22. The molecule has 2 atom stereocenters. The number of benzene rings is 2. The first kappa shape index (κ1) is 34.6. The van der Waals surface area contributed by atoms with E-state index in [9.17, 15) is 0 Å². The third-order valence-corrected chi connectivity index (χ3v) is 9.25. The van der Waals surface area contributed by atoms with Crippen LogP contribution in [-0.4, -0.2) is 30.3 Å². The molecule has 0 amide bonds. The van der Waals surface area contributed by atoms with E-state index in [-0.39, 0.29) is 10.8 Å². The molecule has 3 rings (SSSR count). The summed E-state index contributed by atoms with van der Waals surface area (Å²) in [5, 5.41) is 11.8. The molecule has 2 aromatic carbocycles. The molecule has 0 saturated carbocycles. The van der Waals surface area contributed by atoms with E-state index in [0.29, 0.717) is 18.0 Å². The summed E-state index contributed by atoms with van der Waals surface area (Å²) in [4.78, 5) is 0. The molecule has 4 heteroatoms. The summed E-state index contributed by atoms with van der Waals surface area (Å²) in [6.07, 6.45) is 14.6. The van der Waals surface area contributed by atoms with E-state index in [2.05, 4.69) is 113 Å². The van der Waals surface area contributed by atoms with Crippen molar-refractivity contribution in [3.8, 4) is 0 Å². The molecule has 1 aliphatic rings. The van der Waals surface area contributed by atoms with Crippen molar-refractivity contribution in [2.45, 2.75) is 148 Å². The lowest BCUT2D eigenvalue weighted by Gasteiger charge is -2.28. The van der Waals surface area contributed by atoms with E-state index >= 15 is 0 Å². The normalized spacial score (nSPS) is 17.5. The van der Waals surface area contributed by atoms with Crippen LogP contribution in [0.1, 0.15) is 147 Å². The molecule has 3 nitrogen and oxygen atoms in total. The average Bonchev–Trinajstić information content (AvgIpc) is 3.39. The van der Waals surface area contributed by atoms with E-state index in [1.807, 2.05) is 0 Å².